The highest BCUT2D eigenvalue weighted by Crippen LogP contribution is 2.37. The van der Waals surface area contributed by atoms with Gasteiger partial charge >= 0.3 is 0 Å². The molecule has 2 rings (SSSR count). The molecular weight excluding hydrogens is 295 g/mol. The lowest BCUT2D eigenvalue weighted by molar-refractivity contribution is 1.08. The Hall–Kier alpha value is -0.210. The fourth-order valence-electron chi connectivity index (χ4n) is 1.68. The van der Waals surface area contributed by atoms with E-state index in [4.69, 9.17) is 34.8 Å². The first-order valence-electron chi connectivity index (χ1n) is 5.28. The Bertz CT molecular complexity index is 519. The summed E-state index contributed by atoms with van der Waals surface area (Å²) in [5.74, 6) is 0. The maximum absolute atomic E-state index is 6.49. The molecule has 0 N–H and O–H groups in total. The Labute approximate surface area is 120 Å². The first-order valence-corrected chi connectivity index (χ1v) is 7.36. The number of benzene rings is 1. The Morgan fingerprint density at radius 2 is 1.94 bits per heavy atom. The lowest BCUT2D eigenvalue weighted by Crippen LogP contribution is -1.94. The number of rotatable bonds is 3. The molecule has 0 bridgehead atoms. The molecule has 2 aromatic rings. The lowest BCUT2D eigenvalue weighted by atomic mass is 10.1. The first-order chi connectivity index (χ1) is 8.13. The van der Waals surface area contributed by atoms with E-state index >= 15 is 0 Å². The van der Waals surface area contributed by atoms with Gasteiger partial charge in [0.15, 0.2) is 0 Å². The van der Waals surface area contributed by atoms with E-state index in [1.807, 2.05) is 12.1 Å². The van der Waals surface area contributed by atoms with E-state index in [0.29, 0.717) is 10.0 Å². The Morgan fingerprint density at radius 3 is 2.59 bits per heavy atom. The van der Waals surface area contributed by atoms with Crippen LogP contribution in [0.1, 0.15) is 28.3 Å². The van der Waals surface area contributed by atoms with Crippen LogP contribution >= 0.6 is 46.1 Å². The van der Waals surface area contributed by atoms with Gasteiger partial charge in [0.05, 0.1) is 15.4 Å². The molecule has 0 fully saturated rings. The summed E-state index contributed by atoms with van der Waals surface area (Å²) in [6, 6.07) is 7.66. The number of aryl methyl sites for hydroxylation is 1. The van der Waals surface area contributed by atoms with E-state index in [1.165, 1.54) is 10.4 Å². The Kier molecular flexibility index (Phi) is 4.37. The van der Waals surface area contributed by atoms with E-state index in [0.717, 1.165) is 12.0 Å². The molecule has 0 nitrogen and oxygen atoms in total. The van der Waals surface area contributed by atoms with Gasteiger partial charge in [-0.25, -0.2) is 0 Å². The third kappa shape index (κ3) is 2.79. The quantitative estimate of drug-likeness (QED) is 0.615. The summed E-state index contributed by atoms with van der Waals surface area (Å²) in [5, 5.41) is 3.02. The first kappa shape index (κ1) is 13.2. The maximum atomic E-state index is 6.49. The van der Waals surface area contributed by atoms with Crippen LogP contribution in [0, 0.1) is 0 Å². The van der Waals surface area contributed by atoms with Crippen molar-refractivity contribution < 1.29 is 0 Å². The molecule has 90 valence electrons. The number of alkyl halides is 1. The second-order valence-electron chi connectivity index (χ2n) is 3.70. The average Bonchev–Trinajstić information content (AvgIpc) is 2.80. The summed E-state index contributed by atoms with van der Waals surface area (Å²) in [6.45, 7) is 2.13. The third-order valence-electron chi connectivity index (χ3n) is 2.63. The molecule has 1 heterocycles. The van der Waals surface area contributed by atoms with E-state index in [2.05, 4.69) is 18.4 Å². The zero-order valence-electron chi connectivity index (χ0n) is 9.21. The smallest absolute Gasteiger partial charge is 0.0931 e. The highest BCUT2D eigenvalue weighted by molar-refractivity contribution is 7.10. The van der Waals surface area contributed by atoms with Crippen LogP contribution in [0.5, 0.6) is 0 Å². The number of halogens is 3. The van der Waals surface area contributed by atoms with Gasteiger partial charge < -0.3 is 0 Å². The maximum Gasteiger partial charge on any atom is 0.0931 e. The highest BCUT2D eigenvalue weighted by atomic mass is 35.5. The monoisotopic (exact) mass is 304 g/mol. The van der Waals surface area contributed by atoms with E-state index in [1.54, 1.807) is 17.4 Å². The van der Waals surface area contributed by atoms with Gasteiger partial charge in [-0.15, -0.1) is 22.9 Å². The summed E-state index contributed by atoms with van der Waals surface area (Å²) in [5.41, 5.74) is 2.28. The van der Waals surface area contributed by atoms with Crippen molar-refractivity contribution >= 4 is 46.1 Å². The zero-order valence-corrected chi connectivity index (χ0v) is 12.3. The van der Waals surface area contributed by atoms with Crippen LogP contribution in [-0.4, -0.2) is 0 Å². The summed E-state index contributed by atoms with van der Waals surface area (Å²) < 4.78 is 0. The van der Waals surface area contributed by atoms with Crippen LogP contribution in [0.3, 0.4) is 0 Å². The second-order valence-corrected chi connectivity index (χ2v) is 5.90. The van der Waals surface area contributed by atoms with Crippen molar-refractivity contribution in [2.75, 3.05) is 0 Å². The highest BCUT2D eigenvalue weighted by Gasteiger charge is 2.16. The molecule has 0 saturated heterocycles. The molecule has 0 radical (unpaired) electrons. The SMILES string of the molecule is CCc1ccsc1C(Cl)c1ccc(Cl)c(Cl)c1. The summed E-state index contributed by atoms with van der Waals surface area (Å²) in [6.07, 6.45) is 0.989. The minimum Gasteiger partial charge on any atom is -0.147 e. The molecule has 17 heavy (non-hydrogen) atoms. The van der Waals surface area contributed by atoms with E-state index in [-0.39, 0.29) is 5.38 Å². The van der Waals surface area contributed by atoms with Gasteiger partial charge in [0.2, 0.25) is 0 Å². The topological polar surface area (TPSA) is 0 Å². The van der Waals surface area contributed by atoms with Gasteiger partial charge in [-0.1, -0.05) is 36.2 Å². The standard InChI is InChI=1S/C13H11Cl3S/c1-2-8-5-6-17-13(8)12(16)9-3-4-10(14)11(15)7-9/h3-7,12H,2H2,1H3. The average molecular weight is 306 g/mol. The minimum absolute atomic E-state index is 0.153. The van der Waals surface area contributed by atoms with Gasteiger partial charge in [0.25, 0.3) is 0 Å². The summed E-state index contributed by atoms with van der Waals surface area (Å²) >= 11 is 20.1. The van der Waals surface area contributed by atoms with Crippen molar-refractivity contribution in [3.63, 3.8) is 0 Å². The van der Waals surface area contributed by atoms with Crippen LogP contribution in [0.2, 0.25) is 10.0 Å². The minimum atomic E-state index is -0.153. The largest absolute Gasteiger partial charge is 0.147 e. The van der Waals surface area contributed by atoms with Crippen LogP contribution in [0.4, 0.5) is 0 Å². The molecule has 1 unspecified atom stereocenters. The van der Waals surface area contributed by atoms with Gasteiger partial charge in [-0.3, -0.25) is 0 Å². The van der Waals surface area contributed by atoms with Gasteiger partial charge in [0.1, 0.15) is 0 Å². The zero-order chi connectivity index (χ0) is 12.4. The lowest BCUT2D eigenvalue weighted by Gasteiger charge is -2.11. The van der Waals surface area contributed by atoms with Gasteiger partial charge in [-0.2, -0.15) is 0 Å². The number of hydrogen-bond acceptors (Lipinski definition) is 1. The molecule has 1 aromatic carbocycles. The molecule has 1 atom stereocenters. The van der Waals surface area contributed by atoms with Crippen LogP contribution < -0.4 is 0 Å². The summed E-state index contributed by atoms with van der Waals surface area (Å²) in [7, 11) is 0. The fraction of sp³-hybridized carbons (Fsp3) is 0.231. The fourth-order valence-corrected chi connectivity index (χ4v) is 3.42. The van der Waals surface area contributed by atoms with Crippen molar-refractivity contribution in [3.05, 3.63) is 55.7 Å². The predicted molar refractivity (Wildman–Crippen MR) is 77.9 cm³/mol. The van der Waals surface area contributed by atoms with Crippen molar-refractivity contribution in [3.8, 4) is 0 Å². The molecule has 0 spiro atoms. The molecule has 0 saturated carbocycles. The number of thiophene rings is 1. The van der Waals surface area contributed by atoms with Crippen LogP contribution in [-0.2, 0) is 6.42 Å². The molecule has 0 aliphatic heterocycles. The Morgan fingerprint density at radius 1 is 1.18 bits per heavy atom. The molecule has 4 heteroatoms. The number of hydrogen-bond donors (Lipinski definition) is 0. The molecule has 1 aromatic heterocycles. The van der Waals surface area contributed by atoms with Crippen molar-refractivity contribution in [2.24, 2.45) is 0 Å². The summed E-state index contributed by atoms with van der Waals surface area (Å²) in [4.78, 5) is 1.19. The van der Waals surface area contributed by atoms with Gasteiger partial charge in [0, 0.05) is 4.88 Å². The molecule has 0 aliphatic carbocycles. The molecule has 0 aliphatic rings. The normalized spacial score (nSPS) is 12.7. The van der Waals surface area contributed by atoms with E-state index < -0.39 is 0 Å². The van der Waals surface area contributed by atoms with Crippen molar-refractivity contribution in [2.45, 2.75) is 18.7 Å². The Balaban J connectivity index is 2.36. The van der Waals surface area contributed by atoms with Crippen LogP contribution in [0.25, 0.3) is 0 Å². The van der Waals surface area contributed by atoms with Crippen molar-refractivity contribution in [1.82, 2.24) is 0 Å². The van der Waals surface area contributed by atoms with Crippen molar-refractivity contribution in [1.29, 1.82) is 0 Å². The van der Waals surface area contributed by atoms with E-state index in [9.17, 15) is 0 Å². The third-order valence-corrected chi connectivity index (χ3v) is 4.99. The molecule has 0 amide bonds. The van der Waals surface area contributed by atoms with Gasteiger partial charge in [-0.05, 0) is 41.1 Å². The molecular formula is C13H11Cl3S. The predicted octanol–water partition coefficient (Wildman–Crippen LogP) is 5.95. The van der Waals surface area contributed by atoms with Crippen LogP contribution in [0.15, 0.2) is 29.6 Å². The second kappa shape index (κ2) is 5.62.